The van der Waals surface area contributed by atoms with E-state index in [1.807, 2.05) is 36.0 Å². The van der Waals surface area contributed by atoms with Gasteiger partial charge < -0.3 is 10.2 Å². The number of rotatable bonds is 6. The van der Waals surface area contributed by atoms with Crippen molar-refractivity contribution < 1.29 is 4.79 Å². The minimum atomic E-state index is 0. The molecule has 1 amide bonds. The lowest BCUT2D eigenvalue weighted by atomic mass is 9.53. The number of hydrogen-bond acceptors (Lipinski definition) is 3. The van der Waals surface area contributed by atoms with Crippen LogP contribution in [0.3, 0.4) is 0 Å². The Hall–Kier alpha value is -1.20. The molecule has 1 aromatic rings. The van der Waals surface area contributed by atoms with Gasteiger partial charge in [0.15, 0.2) is 5.17 Å². The van der Waals surface area contributed by atoms with Crippen molar-refractivity contribution in [2.45, 2.75) is 76.8 Å². The average molecular weight is 462 g/mol. The van der Waals surface area contributed by atoms with E-state index in [0.717, 1.165) is 42.2 Å². The number of aryl methyl sites for hydroxylation is 1. The molecule has 4 aliphatic carbocycles. The van der Waals surface area contributed by atoms with Crippen LogP contribution < -0.4 is 5.32 Å². The summed E-state index contributed by atoms with van der Waals surface area (Å²) < 4.78 is 0. The third kappa shape index (κ3) is 4.93. The van der Waals surface area contributed by atoms with E-state index in [4.69, 9.17) is 4.99 Å². The fourth-order valence-corrected chi connectivity index (χ4v) is 8.06. The number of thioether (sulfide) groups is 1. The van der Waals surface area contributed by atoms with Crippen LogP contribution in [0.1, 0.15) is 63.9 Å². The molecule has 4 nitrogen and oxygen atoms in total. The number of hydrogen-bond donors (Lipinski definition) is 1. The van der Waals surface area contributed by atoms with Crippen LogP contribution in [-0.2, 0) is 4.79 Å². The predicted octanol–water partition coefficient (Wildman–Crippen LogP) is 5.90. The van der Waals surface area contributed by atoms with Gasteiger partial charge in [0.25, 0.3) is 0 Å². The lowest BCUT2D eigenvalue weighted by Crippen LogP contribution is -2.50. The minimum absolute atomic E-state index is 0. The highest BCUT2D eigenvalue weighted by Gasteiger charge is 2.51. The van der Waals surface area contributed by atoms with Crippen LogP contribution in [0, 0.1) is 24.7 Å². The highest BCUT2D eigenvalue weighted by Crippen LogP contribution is 2.57. The maximum atomic E-state index is 12.7. The fourth-order valence-electron chi connectivity index (χ4n) is 6.75. The van der Waals surface area contributed by atoms with Crippen LogP contribution in [0.4, 0.5) is 5.69 Å². The van der Waals surface area contributed by atoms with Gasteiger partial charge in [-0.05, 0) is 81.8 Å². The van der Waals surface area contributed by atoms with E-state index >= 15 is 0 Å². The van der Waals surface area contributed by atoms with E-state index in [2.05, 4.69) is 24.1 Å². The Morgan fingerprint density at radius 3 is 2.32 bits per heavy atom. The first-order chi connectivity index (χ1) is 14.5. The molecule has 5 fully saturated rings. The van der Waals surface area contributed by atoms with Crippen molar-refractivity contribution in [1.29, 1.82) is 0 Å². The van der Waals surface area contributed by atoms with Gasteiger partial charge in [0.2, 0.25) is 5.91 Å². The van der Waals surface area contributed by atoms with Gasteiger partial charge in [0, 0.05) is 30.4 Å². The summed E-state index contributed by atoms with van der Waals surface area (Å²) in [5, 5.41) is 4.31. The largest absolute Gasteiger partial charge is 0.347 e. The number of halogens is 1. The number of anilines is 1. The van der Waals surface area contributed by atoms with Gasteiger partial charge in [0.05, 0.1) is 5.54 Å². The van der Waals surface area contributed by atoms with Crippen molar-refractivity contribution in [3.63, 3.8) is 0 Å². The van der Waals surface area contributed by atoms with E-state index < -0.39 is 0 Å². The number of amidine groups is 1. The molecule has 0 radical (unpaired) electrons. The molecule has 0 spiro atoms. The molecule has 1 saturated heterocycles. The molecular formula is C25H36ClN3OS. The number of aliphatic imine (C=N–C) groups is 1. The predicted molar refractivity (Wildman–Crippen MR) is 133 cm³/mol. The molecule has 4 bridgehead atoms. The summed E-state index contributed by atoms with van der Waals surface area (Å²) in [6, 6.07) is 8.32. The van der Waals surface area contributed by atoms with E-state index in [-0.39, 0.29) is 29.9 Å². The number of nitrogens with one attached hydrogen (secondary N) is 1. The third-order valence-corrected chi connectivity index (χ3v) is 8.79. The van der Waals surface area contributed by atoms with Crippen LogP contribution in [0.5, 0.6) is 0 Å². The Bertz CT molecular complexity index is 789. The Kier molecular flexibility index (Phi) is 6.93. The topological polar surface area (TPSA) is 44.7 Å². The second kappa shape index (κ2) is 9.35. The van der Waals surface area contributed by atoms with Crippen LogP contribution in [0.2, 0.25) is 0 Å². The summed E-state index contributed by atoms with van der Waals surface area (Å²) in [5.74, 6) is 3.85. The number of benzene rings is 1. The zero-order valence-corrected chi connectivity index (χ0v) is 20.4. The van der Waals surface area contributed by atoms with Crippen LogP contribution in [0.25, 0.3) is 0 Å². The van der Waals surface area contributed by atoms with Crippen molar-refractivity contribution in [3.05, 3.63) is 29.8 Å². The van der Waals surface area contributed by atoms with Gasteiger partial charge >= 0.3 is 0 Å². The molecule has 6 rings (SSSR count). The molecule has 31 heavy (non-hydrogen) atoms. The first-order valence-corrected chi connectivity index (χ1v) is 12.9. The fraction of sp³-hybridized carbons (Fsp3) is 0.680. The minimum Gasteiger partial charge on any atom is -0.347 e. The van der Waals surface area contributed by atoms with Gasteiger partial charge in [-0.3, -0.25) is 9.79 Å². The normalized spacial score (nSPS) is 34.8. The first kappa shape index (κ1) is 23.0. The van der Waals surface area contributed by atoms with Crippen molar-refractivity contribution in [1.82, 2.24) is 4.90 Å². The number of amides is 1. The zero-order valence-electron chi connectivity index (χ0n) is 18.8. The van der Waals surface area contributed by atoms with E-state index in [1.165, 1.54) is 49.3 Å². The SMILES string of the molecule is CCCN1C(=NC23CC4CC(CC(C4)C2)C3)SCC1CC(=O)Nc1ccc(C)cc1.Cl. The number of carbonyl (C=O) groups is 1. The van der Waals surface area contributed by atoms with Gasteiger partial charge in [0.1, 0.15) is 0 Å². The summed E-state index contributed by atoms with van der Waals surface area (Å²) in [6.45, 7) is 5.30. The highest BCUT2D eigenvalue weighted by molar-refractivity contribution is 8.14. The van der Waals surface area contributed by atoms with Crippen LogP contribution >= 0.6 is 24.2 Å². The summed E-state index contributed by atoms with van der Waals surface area (Å²) in [6.07, 6.45) is 9.93. The Morgan fingerprint density at radius 2 is 1.74 bits per heavy atom. The number of nitrogens with zero attached hydrogens (tertiary/aromatic N) is 2. The Balaban J connectivity index is 0.00000231. The standard InChI is InChI=1S/C25H35N3OS.ClH/c1-3-8-28-22(12-23(29)26-21-6-4-17(2)5-7-21)16-30-24(28)27-25-13-18-9-19(14-25)11-20(10-18)15-25;/h4-7,18-20,22H,3,8-16H2,1-2H3,(H,26,29);1H. The molecule has 1 atom stereocenters. The monoisotopic (exact) mass is 461 g/mol. The summed E-state index contributed by atoms with van der Waals surface area (Å²) in [5.41, 5.74) is 2.31. The van der Waals surface area contributed by atoms with Gasteiger partial charge in [-0.2, -0.15) is 0 Å². The number of carbonyl (C=O) groups excluding carboxylic acids is 1. The highest BCUT2D eigenvalue weighted by atomic mass is 35.5. The van der Waals surface area contributed by atoms with Crippen molar-refractivity contribution >= 4 is 40.9 Å². The maximum Gasteiger partial charge on any atom is 0.226 e. The van der Waals surface area contributed by atoms with Crippen LogP contribution in [0.15, 0.2) is 29.3 Å². The second-order valence-corrected chi connectivity index (χ2v) is 11.3. The molecule has 1 aromatic carbocycles. The molecule has 4 saturated carbocycles. The molecule has 1 aliphatic heterocycles. The van der Waals surface area contributed by atoms with Crippen LogP contribution in [-0.4, -0.2) is 39.9 Å². The van der Waals surface area contributed by atoms with Gasteiger partial charge in [-0.1, -0.05) is 36.4 Å². The van der Waals surface area contributed by atoms with Crippen molar-refractivity contribution in [2.75, 3.05) is 17.6 Å². The quantitative estimate of drug-likeness (QED) is 0.573. The molecular weight excluding hydrogens is 426 g/mol. The Labute approximate surface area is 197 Å². The first-order valence-electron chi connectivity index (χ1n) is 11.9. The zero-order chi connectivity index (χ0) is 20.7. The second-order valence-electron chi connectivity index (χ2n) is 10.3. The van der Waals surface area contributed by atoms with Crippen molar-refractivity contribution in [2.24, 2.45) is 22.7 Å². The summed E-state index contributed by atoms with van der Waals surface area (Å²) in [4.78, 5) is 20.7. The molecule has 6 heteroatoms. The van der Waals surface area contributed by atoms with Crippen molar-refractivity contribution in [3.8, 4) is 0 Å². The summed E-state index contributed by atoms with van der Waals surface area (Å²) >= 11 is 1.89. The molecule has 1 N–H and O–H groups in total. The van der Waals surface area contributed by atoms with E-state index in [1.54, 1.807) is 0 Å². The van der Waals surface area contributed by atoms with Gasteiger partial charge in [-0.25, -0.2) is 0 Å². The molecule has 0 aromatic heterocycles. The van der Waals surface area contributed by atoms with Gasteiger partial charge in [-0.15, -0.1) is 12.4 Å². The maximum absolute atomic E-state index is 12.7. The average Bonchev–Trinajstić information content (AvgIpc) is 3.03. The molecule has 5 aliphatic rings. The lowest BCUT2D eigenvalue weighted by Gasteiger charge is -2.55. The Morgan fingerprint density at radius 1 is 1.13 bits per heavy atom. The third-order valence-electron chi connectivity index (χ3n) is 7.65. The molecule has 170 valence electrons. The van der Waals surface area contributed by atoms with E-state index in [0.29, 0.717) is 6.42 Å². The molecule has 1 unspecified atom stereocenters. The smallest absolute Gasteiger partial charge is 0.226 e. The summed E-state index contributed by atoms with van der Waals surface area (Å²) in [7, 11) is 0. The molecule has 1 heterocycles. The lowest BCUT2D eigenvalue weighted by molar-refractivity contribution is -0.116. The van der Waals surface area contributed by atoms with E-state index in [9.17, 15) is 4.79 Å².